The average molecular weight is 267 g/mol. The van der Waals surface area contributed by atoms with Gasteiger partial charge < -0.3 is 4.74 Å². The van der Waals surface area contributed by atoms with Gasteiger partial charge in [0.05, 0.1) is 6.61 Å². The number of hydrogen-bond acceptors (Lipinski definition) is 5. The van der Waals surface area contributed by atoms with Crippen molar-refractivity contribution in [3.05, 3.63) is 29.3 Å². The highest BCUT2D eigenvalue weighted by atomic mass is 35.5. The van der Waals surface area contributed by atoms with Crippen molar-refractivity contribution in [2.75, 3.05) is 6.61 Å². The molecule has 94 valence electrons. The van der Waals surface area contributed by atoms with Crippen molar-refractivity contribution < 1.29 is 9.53 Å². The molecule has 0 aliphatic carbocycles. The molecule has 7 heteroatoms. The van der Waals surface area contributed by atoms with Gasteiger partial charge in [-0.05, 0) is 36.4 Å². The number of tetrazole rings is 1. The predicted octanol–water partition coefficient (Wildman–Crippen LogP) is 1.56. The van der Waals surface area contributed by atoms with Crippen LogP contribution >= 0.6 is 11.6 Å². The topological polar surface area (TPSA) is 69.9 Å². The SMILES string of the molecule is CCOC(=O)Cn1nnc(-c2ccc(Cl)cc2)n1. The summed E-state index contributed by atoms with van der Waals surface area (Å²) in [5.41, 5.74) is 0.787. The number of aromatic nitrogens is 4. The van der Waals surface area contributed by atoms with Crippen LogP contribution in [0.3, 0.4) is 0 Å². The fourth-order valence-electron chi connectivity index (χ4n) is 1.35. The molecule has 0 aliphatic heterocycles. The van der Waals surface area contributed by atoms with E-state index in [0.29, 0.717) is 17.5 Å². The number of hydrogen-bond donors (Lipinski definition) is 0. The Bertz CT molecular complexity index is 538. The van der Waals surface area contributed by atoms with E-state index in [-0.39, 0.29) is 6.54 Å². The average Bonchev–Trinajstić information content (AvgIpc) is 2.78. The summed E-state index contributed by atoms with van der Waals surface area (Å²) in [6, 6.07) is 7.05. The molecule has 0 fully saturated rings. The smallest absolute Gasteiger partial charge is 0.329 e. The van der Waals surface area contributed by atoms with E-state index < -0.39 is 5.97 Å². The van der Waals surface area contributed by atoms with Crippen LogP contribution in [0.1, 0.15) is 6.92 Å². The van der Waals surface area contributed by atoms with E-state index in [9.17, 15) is 4.79 Å². The van der Waals surface area contributed by atoms with Crippen molar-refractivity contribution in [1.29, 1.82) is 0 Å². The number of carbonyl (C=O) groups is 1. The normalized spacial score (nSPS) is 10.3. The van der Waals surface area contributed by atoms with Crippen molar-refractivity contribution in [3.8, 4) is 11.4 Å². The minimum absolute atomic E-state index is 0.0472. The second kappa shape index (κ2) is 5.59. The van der Waals surface area contributed by atoms with Gasteiger partial charge in [0.25, 0.3) is 0 Å². The number of ether oxygens (including phenoxy) is 1. The molecule has 1 aromatic carbocycles. The van der Waals surface area contributed by atoms with Gasteiger partial charge in [0.2, 0.25) is 5.82 Å². The van der Waals surface area contributed by atoms with Gasteiger partial charge >= 0.3 is 5.97 Å². The number of benzene rings is 1. The first-order chi connectivity index (χ1) is 8.69. The molecule has 0 amide bonds. The van der Waals surface area contributed by atoms with Crippen molar-refractivity contribution in [2.24, 2.45) is 0 Å². The van der Waals surface area contributed by atoms with Gasteiger partial charge in [-0.2, -0.15) is 4.80 Å². The number of carbonyl (C=O) groups excluding carboxylic acids is 1. The molecular formula is C11H11ClN4O2. The van der Waals surface area contributed by atoms with Crippen LogP contribution < -0.4 is 0 Å². The summed E-state index contributed by atoms with van der Waals surface area (Å²) in [5.74, 6) is 0.0496. The molecule has 0 bridgehead atoms. The van der Waals surface area contributed by atoms with E-state index in [1.54, 1.807) is 31.2 Å². The third kappa shape index (κ3) is 3.04. The molecule has 2 aromatic rings. The fourth-order valence-corrected chi connectivity index (χ4v) is 1.47. The van der Waals surface area contributed by atoms with E-state index in [1.807, 2.05) is 0 Å². The van der Waals surface area contributed by atoms with E-state index in [2.05, 4.69) is 15.4 Å². The van der Waals surface area contributed by atoms with Crippen LogP contribution in [-0.4, -0.2) is 32.8 Å². The number of halogens is 1. The number of nitrogens with zero attached hydrogens (tertiary/aromatic N) is 4. The first kappa shape index (κ1) is 12.5. The Kier molecular flexibility index (Phi) is 3.88. The first-order valence-electron chi connectivity index (χ1n) is 5.38. The second-order valence-electron chi connectivity index (χ2n) is 3.46. The van der Waals surface area contributed by atoms with Gasteiger partial charge in [0.1, 0.15) is 0 Å². The maximum absolute atomic E-state index is 11.2. The molecule has 0 atom stereocenters. The molecular weight excluding hydrogens is 256 g/mol. The van der Waals surface area contributed by atoms with Crippen LogP contribution in [0.4, 0.5) is 0 Å². The minimum Gasteiger partial charge on any atom is -0.465 e. The van der Waals surface area contributed by atoms with Gasteiger partial charge in [0.15, 0.2) is 6.54 Å². The summed E-state index contributed by atoms with van der Waals surface area (Å²) in [6.45, 7) is 2.03. The predicted molar refractivity (Wildman–Crippen MR) is 64.9 cm³/mol. The zero-order chi connectivity index (χ0) is 13.0. The largest absolute Gasteiger partial charge is 0.465 e. The van der Waals surface area contributed by atoms with Gasteiger partial charge in [-0.3, -0.25) is 0 Å². The van der Waals surface area contributed by atoms with Crippen LogP contribution in [0.15, 0.2) is 24.3 Å². The molecule has 0 unspecified atom stereocenters. The lowest BCUT2D eigenvalue weighted by molar-refractivity contribution is -0.144. The van der Waals surface area contributed by atoms with E-state index in [0.717, 1.165) is 5.56 Å². The standard InChI is InChI=1S/C11H11ClN4O2/c1-2-18-10(17)7-16-14-11(13-15-16)8-3-5-9(12)6-4-8/h3-6H,2,7H2,1H3. The monoisotopic (exact) mass is 266 g/mol. The molecule has 1 aromatic heterocycles. The van der Waals surface area contributed by atoms with Crippen molar-refractivity contribution >= 4 is 17.6 Å². The lowest BCUT2D eigenvalue weighted by atomic mass is 10.2. The molecule has 0 spiro atoms. The Hall–Kier alpha value is -1.95. The highest BCUT2D eigenvalue weighted by molar-refractivity contribution is 6.30. The second-order valence-corrected chi connectivity index (χ2v) is 3.89. The Morgan fingerprint density at radius 3 is 2.78 bits per heavy atom. The third-order valence-electron chi connectivity index (χ3n) is 2.13. The van der Waals surface area contributed by atoms with Gasteiger partial charge in [-0.1, -0.05) is 11.6 Å². The summed E-state index contributed by atoms with van der Waals surface area (Å²) in [6.07, 6.45) is 0. The Morgan fingerprint density at radius 1 is 1.39 bits per heavy atom. The Balaban J connectivity index is 2.10. The Labute approximate surface area is 109 Å². The first-order valence-corrected chi connectivity index (χ1v) is 5.76. The quantitative estimate of drug-likeness (QED) is 0.786. The minimum atomic E-state index is -0.391. The van der Waals surface area contributed by atoms with Crippen LogP contribution in [0.5, 0.6) is 0 Å². The maximum atomic E-state index is 11.2. The van der Waals surface area contributed by atoms with Crippen LogP contribution in [-0.2, 0) is 16.1 Å². The van der Waals surface area contributed by atoms with E-state index in [4.69, 9.17) is 16.3 Å². The molecule has 0 aliphatic rings. The molecule has 0 saturated heterocycles. The number of rotatable bonds is 4. The van der Waals surface area contributed by atoms with Gasteiger partial charge in [-0.25, -0.2) is 4.79 Å². The Morgan fingerprint density at radius 2 is 2.11 bits per heavy atom. The lowest BCUT2D eigenvalue weighted by Gasteiger charge is -1.99. The molecule has 6 nitrogen and oxygen atoms in total. The number of esters is 1. The zero-order valence-electron chi connectivity index (χ0n) is 9.71. The summed E-state index contributed by atoms with van der Waals surface area (Å²) in [7, 11) is 0. The molecule has 2 rings (SSSR count). The van der Waals surface area contributed by atoms with E-state index in [1.165, 1.54) is 4.80 Å². The molecule has 0 N–H and O–H groups in total. The summed E-state index contributed by atoms with van der Waals surface area (Å²) >= 11 is 5.79. The highest BCUT2D eigenvalue weighted by Crippen LogP contribution is 2.16. The van der Waals surface area contributed by atoms with Crippen LogP contribution in [0.2, 0.25) is 5.02 Å². The fraction of sp³-hybridized carbons (Fsp3) is 0.273. The van der Waals surface area contributed by atoms with Crippen LogP contribution in [0, 0.1) is 0 Å². The summed E-state index contributed by atoms with van der Waals surface area (Å²) in [4.78, 5) is 12.4. The van der Waals surface area contributed by atoms with Crippen molar-refractivity contribution in [1.82, 2.24) is 20.2 Å². The molecule has 1 heterocycles. The summed E-state index contributed by atoms with van der Waals surface area (Å²) < 4.78 is 4.79. The molecule has 18 heavy (non-hydrogen) atoms. The van der Waals surface area contributed by atoms with Gasteiger partial charge in [-0.15, -0.1) is 10.2 Å². The summed E-state index contributed by atoms with van der Waals surface area (Å²) in [5, 5.41) is 12.4. The maximum Gasteiger partial charge on any atom is 0.329 e. The molecule has 0 radical (unpaired) electrons. The molecule has 0 saturated carbocycles. The van der Waals surface area contributed by atoms with E-state index >= 15 is 0 Å². The van der Waals surface area contributed by atoms with Crippen LogP contribution in [0.25, 0.3) is 11.4 Å². The zero-order valence-corrected chi connectivity index (χ0v) is 10.5. The third-order valence-corrected chi connectivity index (χ3v) is 2.38. The highest BCUT2D eigenvalue weighted by Gasteiger charge is 2.09. The van der Waals surface area contributed by atoms with Crippen molar-refractivity contribution in [3.63, 3.8) is 0 Å². The van der Waals surface area contributed by atoms with Gasteiger partial charge in [0, 0.05) is 10.6 Å². The van der Waals surface area contributed by atoms with Crippen molar-refractivity contribution in [2.45, 2.75) is 13.5 Å². The lowest BCUT2D eigenvalue weighted by Crippen LogP contribution is -2.15.